The van der Waals surface area contributed by atoms with Crippen LogP contribution in [-0.2, 0) is 17.8 Å². The minimum atomic E-state index is -4.68. The zero-order valence-corrected chi connectivity index (χ0v) is 21.4. The summed E-state index contributed by atoms with van der Waals surface area (Å²) in [5.41, 5.74) is -1.86. The molecule has 3 aromatic carbocycles. The number of carbonyl (C=O) groups excluding carboxylic acids is 1. The number of nitrogens with zero attached hydrogens (tertiary/aromatic N) is 2. The van der Waals surface area contributed by atoms with Crippen LogP contribution in [-0.4, -0.2) is 23.3 Å². The van der Waals surface area contributed by atoms with Crippen molar-refractivity contribution in [2.75, 3.05) is 11.9 Å². The summed E-state index contributed by atoms with van der Waals surface area (Å²) >= 11 is 12.2. The van der Waals surface area contributed by atoms with Crippen LogP contribution in [0.3, 0.4) is 0 Å². The van der Waals surface area contributed by atoms with Crippen molar-refractivity contribution in [3.63, 3.8) is 0 Å². The number of hydrogen-bond acceptors (Lipinski definition) is 2. The Morgan fingerprint density at radius 1 is 0.974 bits per heavy atom. The lowest BCUT2D eigenvalue weighted by Crippen LogP contribution is -2.41. The van der Waals surface area contributed by atoms with Crippen LogP contribution in [0, 0.1) is 0 Å². The van der Waals surface area contributed by atoms with E-state index in [1.165, 1.54) is 6.07 Å². The van der Waals surface area contributed by atoms with Crippen LogP contribution in [0.15, 0.2) is 89.5 Å². The van der Waals surface area contributed by atoms with Gasteiger partial charge in [-0.2, -0.15) is 31.4 Å². The standard InChI is InChI=1S/C27H19Cl2F6N3O/c1-16(28)14-25(18-5-3-2-4-6-18)15-38(24(39)36-20-10-8-19(9-11-20)26(30,31)32)37-23(25)17-7-12-21(22(29)13-17)27(33,34)35/h2-13H,1,14-15H2,(H,36,39). The number of rotatable bonds is 5. The number of urea groups is 1. The van der Waals surface area contributed by atoms with Crippen molar-refractivity contribution in [2.45, 2.75) is 24.2 Å². The van der Waals surface area contributed by atoms with Crippen LogP contribution in [0.1, 0.15) is 28.7 Å². The SMILES string of the molecule is C=C(Cl)CC1(c2ccccc2)CN(C(=O)Nc2ccc(C(F)(F)F)cc2)N=C1c1ccc(C(F)(F)F)c(Cl)c1. The quantitative estimate of drug-likeness (QED) is 0.299. The lowest BCUT2D eigenvalue weighted by atomic mass is 9.72. The zero-order chi connectivity index (χ0) is 28.6. The molecule has 12 heteroatoms. The van der Waals surface area contributed by atoms with E-state index < -0.39 is 39.9 Å². The van der Waals surface area contributed by atoms with Gasteiger partial charge in [0, 0.05) is 16.3 Å². The van der Waals surface area contributed by atoms with Crippen LogP contribution in [0.5, 0.6) is 0 Å². The average Bonchev–Trinajstić information content (AvgIpc) is 3.23. The highest BCUT2D eigenvalue weighted by Gasteiger charge is 2.47. The summed E-state index contributed by atoms with van der Waals surface area (Å²) in [5, 5.41) is 7.64. The number of halogens is 8. The van der Waals surface area contributed by atoms with Crippen molar-refractivity contribution in [1.29, 1.82) is 0 Å². The molecule has 4 nitrogen and oxygen atoms in total. The van der Waals surface area contributed by atoms with Crippen LogP contribution in [0.25, 0.3) is 0 Å². The summed E-state index contributed by atoms with van der Waals surface area (Å²) in [6.45, 7) is 3.68. The summed E-state index contributed by atoms with van der Waals surface area (Å²) in [4.78, 5) is 13.2. The normalized spacial score (nSPS) is 17.6. The lowest BCUT2D eigenvalue weighted by molar-refractivity contribution is -0.138. The van der Waals surface area contributed by atoms with Gasteiger partial charge in [-0.25, -0.2) is 9.80 Å². The Hall–Kier alpha value is -3.50. The Labute approximate surface area is 229 Å². The number of alkyl halides is 6. The van der Waals surface area contributed by atoms with E-state index in [0.29, 0.717) is 5.56 Å². The number of carbonyl (C=O) groups is 1. The maximum Gasteiger partial charge on any atom is 0.417 e. The Morgan fingerprint density at radius 2 is 1.62 bits per heavy atom. The van der Waals surface area contributed by atoms with Crippen molar-refractivity contribution >= 4 is 40.6 Å². The summed E-state index contributed by atoms with van der Waals surface area (Å²) < 4.78 is 78.7. The maximum absolute atomic E-state index is 13.3. The molecule has 0 radical (unpaired) electrons. The fourth-order valence-corrected chi connectivity index (χ4v) is 4.93. The second-order valence-corrected chi connectivity index (χ2v) is 9.79. The second-order valence-electron chi connectivity index (χ2n) is 8.85. The molecular weight excluding hydrogens is 567 g/mol. The third-order valence-corrected chi connectivity index (χ3v) is 6.61. The third kappa shape index (κ3) is 6.07. The highest BCUT2D eigenvalue weighted by atomic mass is 35.5. The van der Waals surface area contributed by atoms with Gasteiger partial charge >= 0.3 is 18.4 Å². The van der Waals surface area contributed by atoms with E-state index in [0.717, 1.165) is 41.4 Å². The average molecular weight is 586 g/mol. The van der Waals surface area contributed by atoms with Crippen molar-refractivity contribution in [1.82, 2.24) is 5.01 Å². The van der Waals surface area contributed by atoms with Gasteiger partial charge < -0.3 is 5.32 Å². The summed E-state index contributed by atoms with van der Waals surface area (Å²) in [6, 6.07) is 15.0. The van der Waals surface area contributed by atoms with Gasteiger partial charge in [0.1, 0.15) is 0 Å². The molecule has 0 fully saturated rings. The molecule has 0 aromatic heterocycles. The number of amides is 2. The van der Waals surface area contributed by atoms with Gasteiger partial charge in [-0.05, 0) is 48.4 Å². The van der Waals surface area contributed by atoms with Gasteiger partial charge in [-0.3, -0.25) is 0 Å². The van der Waals surface area contributed by atoms with Crippen molar-refractivity contribution in [3.05, 3.63) is 112 Å². The second kappa shape index (κ2) is 10.6. The first-order chi connectivity index (χ1) is 18.2. The van der Waals surface area contributed by atoms with E-state index in [1.54, 1.807) is 30.3 Å². The van der Waals surface area contributed by atoms with E-state index in [9.17, 15) is 31.1 Å². The van der Waals surface area contributed by atoms with Gasteiger partial charge in [0.2, 0.25) is 0 Å². The predicted octanol–water partition coefficient (Wildman–Crippen LogP) is 8.71. The van der Waals surface area contributed by atoms with Crippen molar-refractivity contribution < 1.29 is 31.1 Å². The van der Waals surface area contributed by atoms with Crippen LogP contribution < -0.4 is 5.32 Å². The van der Waals surface area contributed by atoms with Crippen molar-refractivity contribution in [2.24, 2.45) is 5.10 Å². The summed E-state index contributed by atoms with van der Waals surface area (Å²) in [6.07, 6.45) is -9.15. The minimum absolute atomic E-state index is 0.0695. The topological polar surface area (TPSA) is 44.7 Å². The number of anilines is 1. The first-order valence-electron chi connectivity index (χ1n) is 11.3. The molecule has 1 heterocycles. The molecule has 39 heavy (non-hydrogen) atoms. The van der Waals surface area contributed by atoms with E-state index >= 15 is 0 Å². The Balaban J connectivity index is 1.77. The molecule has 0 spiro atoms. The van der Waals surface area contributed by atoms with Gasteiger partial charge in [-0.1, -0.05) is 66.2 Å². The molecule has 0 saturated carbocycles. The molecule has 204 valence electrons. The molecule has 4 rings (SSSR count). The summed E-state index contributed by atoms with van der Waals surface area (Å²) in [5.74, 6) is 0. The lowest BCUT2D eigenvalue weighted by Gasteiger charge is -2.31. The third-order valence-electron chi connectivity index (χ3n) is 6.16. The van der Waals surface area contributed by atoms with E-state index in [-0.39, 0.29) is 35.0 Å². The molecule has 0 saturated heterocycles. The number of benzene rings is 3. The highest BCUT2D eigenvalue weighted by molar-refractivity contribution is 6.32. The highest BCUT2D eigenvalue weighted by Crippen LogP contribution is 2.43. The molecule has 1 N–H and O–H groups in total. The Morgan fingerprint density at radius 3 is 2.15 bits per heavy atom. The van der Waals surface area contributed by atoms with Gasteiger partial charge in [0.15, 0.2) is 0 Å². The van der Waals surface area contributed by atoms with Gasteiger partial charge in [-0.15, -0.1) is 0 Å². The first-order valence-corrected chi connectivity index (χ1v) is 12.1. The molecule has 0 bridgehead atoms. The molecule has 1 unspecified atom stereocenters. The predicted molar refractivity (Wildman–Crippen MR) is 138 cm³/mol. The van der Waals surface area contributed by atoms with Crippen molar-refractivity contribution in [3.8, 4) is 0 Å². The number of nitrogens with one attached hydrogen (secondary N) is 1. The molecule has 2 amide bonds. The first kappa shape index (κ1) is 28.5. The smallest absolute Gasteiger partial charge is 0.306 e. The molecule has 1 aliphatic heterocycles. The fraction of sp³-hybridized carbons (Fsp3) is 0.185. The van der Waals surface area contributed by atoms with Crippen LogP contribution in [0.2, 0.25) is 5.02 Å². The molecular formula is C27H19Cl2F6N3O. The Bertz CT molecular complexity index is 1420. The number of allylic oxidation sites excluding steroid dienone is 1. The number of hydrazone groups is 1. The molecule has 3 aromatic rings. The Kier molecular flexibility index (Phi) is 7.73. The monoisotopic (exact) mass is 585 g/mol. The molecule has 1 atom stereocenters. The van der Waals surface area contributed by atoms with Gasteiger partial charge in [0.25, 0.3) is 0 Å². The maximum atomic E-state index is 13.3. The van der Waals surface area contributed by atoms with E-state index in [1.807, 2.05) is 0 Å². The van der Waals surface area contributed by atoms with Gasteiger partial charge in [0.05, 0.1) is 33.8 Å². The zero-order valence-electron chi connectivity index (χ0n) is 19.9. The largest absolute Gasteiger partial charge is 0.417 e. The fourth-order valence-electron chi connectivity index (χ4n) is 4.41. The van der Waals surface area contributed by atoms with Crippen LogP contribution in [0.4, 0.5) is 36.8 Å². The molecule has 0 aliphatic carbocycles. The summed E-state index contributed by atoms with van der Waals surface area (Å²) in [7, 11) is 0. The van der Waals surface area contributed by atoms with Crippen LogP contribution >= 0.6 is 23.2 Å². The molecule has 1 aliphatic rings. The van der Waals surface area contributed by atoms with E-state index in [2.05, 4.69) is 17.0 Å². The van der Waals surface area contributed by atoms with E-state index in [4.69, 9.17) is 23.2 Å². The number of hydrogen-bond donors (Lipinski definition) is 1. The minimum Gasteiger partial charge on any atom is -0.306 e.